The van der Waals surface area contributed by atoms with Crippen molar-refractivity contribution in [2.75, 3.05) is 0 Å². The van der Waals surface area contributed by atoms with Crippen LogP contribution in [0.15, 0.2) is 59.5 Å². The van der Waals surface area contributed by atoms with E-state index in [0.29, 0.717) is 11.2 Å². The van der Waals surface area contributed by atoms with Gasteiger partial charge in [0.1, 0.15) is 18.3 Å². The minimum atomic E-state index is -3.93. The van der Waals surface area contributed by atoms with Crippen LogP contribution in [-0.4, -0.2) is 41.8 Å². The molecule has 0 unspecified atom stereocenters. The number of rotatable bonds is 3. The highest BCUT2D eigenvalue weighted by Gasteiger charge is 2.55. The zero-order valence-corrected chi connectivity index (χ0v) is 17.7. The normalized spacial score (nSPS) is 28.1. The van der Waals surface area contributed by atoms with Crippen LogP contribution in [0.4, 0.5) is 0 Å². The second kappa shape index (κ2) is 6.63. The summed E-state index contributed by atoms with van der Waals surface area (Å²) >= 11 is 0. The van der Waals surface area contributed by atoms with E-state index in [1.807, 2.05) is 19.1 Å². The van der Waals surface area contributed by atoms with Gasteiger partial charge >= 0.3 is 0 Å². The molecule has 158 valence electrons. The lowest BCUT2D eigenvalue weighted by Gasteiger charge is -2.24. The fourth-order valence-corrected chi connectivity index (χ4v) is 5.72. The lowest BCUT2D eigenvalue weighted by Crippen LogP contribution is -2.32. The zero-order chi connectivity index (χ0) is 21.3. The Morgan fingerprint density at radius 1 is 1.03 bits per heavy atom. The third-order valence-corrected chi connectivity index (χ3v) is 7.32. The van der Waals surface area contributed by atoms with Crippen LogP contribution in [0, 0.1) is 6.92 Å². The molecule has 1 aromatic heterocycles. The lowest BCUT2D eigenvalue weighted by molar-refractivity contribution is -0.216. The number of fused-ring (bicyclic) bond motifs is 2. The van der Waals surface area contributed by atoms with Gasteiger partial charge in [-0.15, -0.1) is 0 Å². The summed E-state index contributed by atoms with van der Waals surface area (Å²) in [6.07, 6.45) is -3.45. The van der Waals surface area contributed by atoms with Crippen LogP contribution in [0.1, 0.15) is 31.2 Å². The molecule has 2 fully saturated rings. The van der Waals surface area contributed by atoms with Crippen molar-refractivity contribution < 1.29 is 27.7 Å². The highest BCUT2D eigenvalue weighted by Crippen LogP contribution is 2.44. The van der Waals surface area contributed by atoms with E-state index in [1.165, 1.54) is 3.97 Å². The number of aliphatic hydroxyl groups is 1. The van der Waals surface area contributed by atoms with Gasteiger partial charge in [0, 0.05) is 5.39 Å². The van der Waals surface area contributed by atoms with Crippen molar-refractivity contribution in [3.8, 4) is 0 Å². The molecule has 3 aromatic rings. The summed E-state index contributed by atoms with van der Waals surface area (Å²) < 4.78 is 46.0. The smallest absolute Gasteiger partial charge is 0.268 e. The van der Waals surface area contributed by atoms with Gasteiger partial charge in [-0.05, 0) is 45.0 Å². The summed E-state index contributed by atoms with van der Waals surface area (Å²) in [7, 11) is -3.93. The molecule has 0 spiro atoms. The molecule has 1 N–H and O–H groups in total. The average Bonchev–Trinajstić information content (AvgIpc) is 3.31. The van der Waals surface area contributed by atoms with E-state index < -0.39 is 40.4 Å². The van der Waals surface area contributed by atoms with Gasteiger partial charge in [0.15, 0.2) is 12.1 Å². The van der Waals surface area contributed by atoms with Gasteiger partial charge in [-0.2, -0.15) is 0 Å². The van der Waals surface area contributed by atoms with Crippen LogP contribution in [0.5, 0.6) is 0 Å². The Kier molecular flexibility index (Phi) is 4.36. The van der Waals surface area contributed by atoms with Gasteiger partial charge in [0.25, 0.3) is 10.0 Å². The SMILES string of the molecule is Cc1ccc(S(=O)(=O)n2c([C@H]3O[C@@H]4OC(C)(C)O[C@@H]4[C@H]3O)cc3ccccc32)cc1. The van der Waals surface area contributed by atoms with Crippen molar-refractivity contribution in [3.63, 3.8) is 0 Å². The van der Waals surface area contributed by atoms with Crippen molar-refractivity contribution >= 4 is 20.9 Å². The van der Waals surface area contributed by atoms with E-state index in [4.69, 9.17) is 14.2 Å². The van der Waals surface area contributed by atoms with Gasteiger partial charge in [-0.25, -0.2) is 12.4 Å². The monoisotopic (exact) mass is 429 g/mol. The van der Waals surface area contributed by atoms with Gasteiger partial charge in [0.05, 0.1) is 16.1 Å². The van der Waals surface area contributed by atoms with Gasteiger partial charge in [-0.1, -0.05) is 35.9 Å². The molecule has 8 heteroatoms. The lowest BCUT2D eigenvalue weighted by atomic mass is 10.1. The van der Waals surface area contributed by atoms with Crippen LogP contribution >= 0.6 is 0 Å². The minimum absolute atomic E-state index is 0.164. The molecular weight excluding hydrogens is 406 g/mol. The molecule has 30 heavy (non-hydrogen) atoms. The van der Waals surface area contributed by atoms with Crippen molar-refractivity contribution in [1.82, 2.24) is 3.97 Å². The second-order valence-corrected chi connectivity index (χ2v) is 10.0. The molecule has 0 bridgehead atoms. The van der Waals surface area contributed by atoms with Gasteiger partial charge < -0.3 is 19.3 Å². The van der Waals surface area contributed by atoms with E-state index in [9.17, 15) is 13.5 Å². The zero-order valence-electron chi connectivity index (χ0n) is 16.8. The van der Waals surface area contributed by atoms with E-state index in [1.54, 1.807) is 56.3 Å². The Labute approximate surface area is 174 Å². The van der Waals surface area contributed by atoms with E-state index in [2.05, 4.69) is 0 Å². The van der Waals surface area contributed by atoms with Crippen molar-refractivity contribution in [1.29, 1.82) is 0 Å². The molecule has 3 heterocycles. The summed E-state index contributed by atoms with van der Waals surface area (Å²) in [6.45, 7) is 5.39. The molecule has 2 aromatic carbocycles. The molecule has 2 saturated heterocycles. The van der Waals surface area contributed by atoms with Crippen LogP contribution in [-0.2, 0) is 24.2 Å². The number of aromatic nitrogens is 1. The van der Waals surface area contributed by atoms with E-state index in [0.717, 1.165) is 10.9 Å². The number of hydrogen-bond donors (Lipinski definition) is 1. The highest BCUT2D eigenvalue weighted by atomic mass is 32.2. The summed E-state index contributed by atoms with van der Waals surface area (Å²) in [5.74, 6) is -0.873. The molecule has 2 aliphatic rings. The first-order chi connectivity index (χ1) is 14.2. The first-order valence-corrected chi connectivity index (χ1v) is 11.2. The van der Waals surface area contributed by atoms with Crippen LogP contribution in [0.25, 0.3) is 10.9 Å². The van der Waals surface area contributed by atoms with E-state index >= 15 is 0 Å². The standard InChI is InChI=1S/C22H23NO6S/c1-13-8-10-15(11-9-13)30(25,26)23-16-7-5-4-6-14(16)12-17(23)19-18(24)20-21(27-19)29-22(2,3)28-20/h4-12,18-21,24H,1-3H3/t18-,19+,20+,21+/m0/s1. The number of aryl methyl sites for hydroxylation is 1. The fourth-order valence-electron chi connectivity index (χ4n) is 4.17. The van der Waals surface area contributed by atoms with Gasteiger partial charge in [0.2, 0.25) is 0 Å². The summed E-state index contributed by atoms with van der Waals surface area (Å²) in [5, 5.41) is 11.7. The quantitative estimate of drug-likeness (QED) is 0.689. The Balaban J connectivity index is 1.65. The average molecular weight is 429 g/mol. The number of para-hydroxylation sites is 1. The highest BCUT2D eigenvalue weighted by molar-refractivity contribution is 7.90. The fraction of sp³-hybridized carbons (Fsp3) is 0.364. The maximum absolute atomic E-state index is 13.6. The summed E-state index contributed by atoms with van der Waals surface area (Å²) in [4.78, 5) is 0.164. The topological polar surface area (TPSA) is 87.0 Å². The molecule has 2 aliphatic heterocycles. The van der Waals surface area contributed by atoms with Crippen LogP contribution in [0.3, 0.4) is 0 Å². The number of ether oxygens (including phenoxy) is 3. The molecule has 0 aliphatic carbocycles. The Hall–Kier alpha value is -2.23. The molecule has 0 radical (unpaired) electrons. The third-order valence-electron chi connectivity index (χ3n) is 5.56. The van der Waals surface area contributed by atoms with Crippen LogP contribution in [0.2, 0.25) is 0 Å². The Morgan fingerprint density at radius 2 is 1.73 bits per heavy atom. The largest absolute Gasteiger partial charge is 0.387 e. The molecule has 4 atom stereocenters. The second-order valence-electron chi connectivity index (χ2n) is 8.23. The van der Waals surface area contributed by atoms with Crippen molar-refractivity contribution in [2.24, 2.45) is 0 Å². The molecular formula is C22H23NO6S. The molecule has 0 saturated carbocycles. The maximum Gasteiger partial charge on any atom is 0.268 e. The maximum atomic E-state index is 13.6. The number of aliphatic hydroxyl groups excluding tert-OH is 1. The van der Waals surface area contributed by atoms with Crippen molar-refractivity contribution in [2.45, 2.75) is 56.1 Å². The number of nitrogens with zero attached hydrogens (tertiary/aromatic N) is 1. The molecule has 0 amide bonds. The number of hydrogen-bond acceptors (Lipinski definition) is 6. The Bertz CT molecular complexity index is 1210. The predicted octanol–water partition coefficient (Wildman–Crippen LogP) is 3.10. The minimum Gasteiger partial charge on any atom is -0.387 e. The van der Waals surface area contributed by atoms with E-state index in [-0.39, 0.29) is 4.90 Å². The molecule has 7 nitrogen and oxygen atoms in total. The molecule has 5 rings (SSSR count). The third kappa shape index (κ3) is 2.99. The van der Waals surface area contributed by atoms with Crippen LogP contribution < -0.4 is 0 Å². The number of benzene rings is 2. The van der Waals surface area contributed by atoms with Gasteiger partial charge in [-0.3, -0.25) is 0 Å². The van der Waals surface area contributed by atoms with Crippen molar-refractivity contribution in [3.05, 3.63) is 65.9 Å². The predicted molar refractivity (Wildman–Crippen MR) is 109 cm³/mol. The Morgan fingerprint density at radius 3 is 2.43 bits per heavy atom. The summed E-state index contributed by atoms with van der Waals surface area (Å²) in [5.41, 5.74) is 1.82. The first kappa shape index (κ1) is 19.7. The first-order valence-electron chi connectivity index (χ1n) is 9.79. The summed E-state index contributed by atoms with van der Waals surface area (Å²) in [6, 6.07) is 15.6.